The summed E-state index contributed by atoms with van der Waals surface area (Å²) in [4.78, 5) is 2.23. The average Bonchev–Trinajstić information content (AvgIpc) is 2.36. The molecule has 4 nitrogen and oxygen atoms in total. The number of ether oxygens (including phenoxy) is 2. The van der Waals surface area contributed by atoms with Crippen molar-refractivity contribution in [3.05, 3.63) is 27.1 Å². The Morgan fingerprint density at radius 3 is 2.62 bits per heavy atom. The number of rotatable bonds is 5. The minimum atomic E-state index is -0.516. The standard InChI is InChI=1S/C15H21Br2NO3/c1-10-6-18(7-11(2)21-10)8-13(19)9-20-15-4-3-12(16)5-14(15)17/h3-5,10-11,13,19H,6-9H2,1-2H3/t10-,11-,13-/m0/s1. The second-order valence-electron chi connectivity index (χ2n) is 5.52. The number of nitrogens with zero attached hydrogens (tertiary/aromatic N) is 1. The molecule has 1 heterocycles. The van der Waals surface area contributed by atoms with Crippen LogP contribution in [-0.4, -0.2) is 54.6 Å². The molecule has 1 aromatic carbocycles. The molecule has 0 amide bonds. The molecule has 1 N–H and O–H groups in total. The minimum absolute atomic E-state index is 0.211. The van der Waals surface area contributed by atoms with Crippen LogP contribution in [0.2, 0.25) is 0 Å². The second kappa shape index (κ2) is 7.92. The van der Waals surface area contributed by atoms with Crippen LogP contribution in [0, 0.1) is 0 Å². The normalized spacial score (nSPS) is 24.8. The largest absolute Gasteiger partial charge is 0.490 e. The average molecular weight is 423 g/mol. The van der Waals surface area contributed by atoms with E-state index in [0.717, 1.165) is 27.8 Å². The second-order valence-corrected chi connectivity index (χ2v) is 7.29. The van der Waals surface area contributed by atoms with Crippen LogP contribution in [0.4, 0.5) is 0 Å². The van der Waals surface area contributed by atoms with Gasteiger partial charge in [0.1, 0.15) is 18.5 Å². The zero-order valence-corrected chi connectivity index (χ0v) is 15.4. The Hall–Kier alpha value is -0.140. The highest BCUT2D eigenvalue weighted by molar-refractivity contribution is 9.11. The fraction of sp³-hybridized carbons (Fsp3) is 0.600. The minimum Gasteiger partial charge on any atom is -0.490 e. The molecule has 0 spiro atoms. The number of hydrogen-bond acceptors (Lipinski definition) is 4. The van der Waals surface area contributed by atoms with Gasteiger partial charge in [0.15, 0.2) is 0 Å². The van der Waals surface area contributed by atoms with E-state index in [4.69, 9.17) is 9.47 Å². The monoisotopic (exact) mass is 421 g/mol. The van der Waals surface area contributed by atoms with E-state index >= 15 is 0 Å². The van der Waals surface area contributed by atoms with Crippen molar-refractivity contribution in [1.82, 2.24) is 4.90 Å². The molecular weight excluding hydrogens is 402 g/mol. The van der Waals surface area contributed by atoms with Crippen LogP contribution >= 0.6 is 31.9 Å². The van der Waals surface area contributed by atoms with Crippen molar-refractivity contribution in [2.24, 2.45) is 0 Å². The van der Waals surface area contributed by atoms with Crippen molar-refractivity contribution in [1.29, 1.82) is 0 Å². The molecule has 0 aromatic heterocycles. The van der Waals surface area contributed by atoms with Gasteiger partial charge in [-0.2, -0.15) is 0 Å². The van der Waals surface area contributed by atoms with Gasteiger partial charge in [0.25, 0.3) is 0 Å². The van der Waals surface area contributed by atoms with Crippen LogP contribution in [0.5, 0.6) is 5.75 Å². The summed E-state index contributed by atoms with van der Waals surface area (Å²) in [6.45, 7) is 6.70. The topological polar surface area (TPSA) is 41.9 Å². The molecule has 21 heavy (non-hydrogen) atoms. The van der Waals surface area contributed by atoms with E-state index in [1.165, 1.54) is 0 Å². The van der Waals surface area contributed by atoms with Gasteiger partial charge in [0, 0.05) is 24.1 Å². The molecule has 1 aliphatic rings. The van der Waals surface area contributed by atoms with Crippen LogP contribution in [0.1, 0.15) is 13.8 Å². The summed E-state index contributed by atoms with van der Waals surface area (Å²) in [5, 5.41) is 10.1. The fourth-order valence-corrected chi connectivity index (χ4v) is 3.72. The predicted octanol–water partition coefficient (Wildman–Crippen LogP) is 3.06. The molecule has 1 fully saturated rings. The summed E-state index contributed by atoms with van der Waals surface area (Å²) in [6.07, 6.45) is -0.0944. The predicted molar refractivity (Wildman–Crippen MR) is 89.8 cm³/mol. The summed E-state index contributed by atoms with van der Waals surface area (Å²) < 4.78 is 13.2. The van der Waals surface area contributed by atoms with Gasteiger partial charge in [-0.05, 0) is 48.0 Å². The summed E-state index contributed by atoms with van der Waals surface area (Å²) in [5.41, 5.74) is 0. The van der Waals surface area contributed by atoms with E-state index in [-0.39, 0.29) is 18.8 Å². The number of aliphatic hydroxyl groups is 1. The third-order valence-electron chi connectivity index (χ3n) is 3.29. The van der Waals surface area contributed by atoms with Gasteiger partial charge in [0.05, 0.1) is 16.7 Å². The molecule has 1 aliphatic heterocycles. The number of aliphatic hydroxyl groups excluding tert-OH is 1. The number of β-amino-alcohol motifs (C(OH)–C–C–N with tert-alkyl or cyclic N) is 1. The van der Waals surface area contributed by atoms with Gasteiger partial charge < -0.3 is 14.6 Å². The molecule has 1 aromatic rings. The van der Waals surface area contributed by atoms with Crippen LogP contribution in [0.25, 0.3) is 0 Å². The molecule has 6 heteroatoms. The summed E-state index contributed by atoms with van der Waals surface area (Å²) >= 11 is 6.85. The Morgan fingerprint density at radius 2 is 2.00 bits per heavy atom. The number of halogens is 2. The summed E-state index contributed by atoms with van der Waals surface area (Å²) in [5.74, 6) is 0.737. The molecule has 1 saturated heterocycles. The molecule has 0 unspecified atom stereocenters. The van der Waals surface area contributed by atoms with Gasteiger partial charge >= 0.3 is 0 Å². The molecule has 2 rings (SSSR count). The van der Waals surface area contributed by atoms with Crippen LogP contribution < -0.4 is 4.74 Å². The molecule has 0 bridgehead atoms. The smallest absolute Gasteiger partial charge is 0.133 e. The van der Waals surface area contributed by atoms with Crippen molar-refractivity contribution in [2.75, 3.05) is 26.2 Å². The van der Waals surface area contributed by atoms with Crippen LogP contribution in [0.15, 0.2) is 27.1 Å². The highest BCUT2D eigenvalue weighted by Crippen LogP contribution is 2.28. The van der Waals surface area contributed by atoms with Crippen LogP contribution in [0.3, 0.4) is 0 Å². The number of hydrogen-bond donors (Lipinski definition) is 1. The summed E-state index contributed by atoms with van der Waals surface area (Å²) in [6, 6.07) is 5.71. The lowest BCUT2D eigenvalue weighted by atomic mass is 10.2. The third kappa shape index (κ3) is 5.53. The van der Waals surface area contributed by atoms with Gasteiger partial charge in [-0.3, -0.25) is 4.90 Å². The SMILES string of the molecule is C[C@H]1CN(C[C@H](O)COc2ccc(Br)cc2Br)C[C@H](C)O1. The van der Waals surface area contributed by atoms with E-state index in [0.29, 0.717) is 6.54 Å². The first kappa shape index (κ1) is 17.2. The van der Waals surface area contributed by atoms with E-state index in [2.05, 4.69) is 50.6 Å². The first-order valence-corrected chi connectivity index (χ1v) is 8.66. The zero-order valence-electron chi connectivity index (χ0n) is 12.3. The molecule has 118 valence electrons. The molecular formula is C15H21Br2NO3. The lowest BCUT2D eigenvalue weighted by molar-refractivity contribution is -0.0787. The van der Waals surface area contributed by atoms with E-state index in [1.807, 2.05) is 18.2 Å². The maximum Gasteiger partial charge on any atom is 0.133 e. The Kier molecular flexibility index (Phi) is 6.50. The molecule has 0 radical (unpaired) electrons. The van der Waals surface area contributed by atoms with E-state index < -0.39 is 6.10 Å². The Labute approximate surface area is 142 Å². The number of morpholine rings is 1. The Morgan fingerprint density at radius 1 is 1.33 bits per heavy atom. The van der Waals surface area contributed by atoms with Gasteiger partial charge in [-0.15, -0.1) is 0 Å². The van der Waals surface area contributed by atoms with Crippen molar-refractivity contribution >= 4 is 31.9 Å². The van der Waals surface area contributed by atoms with Gasteiger partial charge in [-0.1, -0.05) is 15.9 Å². The summed E-state index contributed by atoms with van der Waals surface area (Å²) in [7, 11) is 0. The van der Waals surface area contributed by atoms with E-state index in [9.17, 15) is 5.11 Å². The van der Waals surface area contributed by atoms with Crippen molar-refractivity contribution in [3.63, 3.8) is 0 Å². The maximum atomic E-state index is 10.1. The van der Waals surface area contributed by atoms with Gasteiger partial charge in [0.2, 0.25) is 0 Å². The number of benzene rings is 1. The molecule has 3 atom stereocenters. The van der Waals surface area contributed by atoms with Crippen molar-refractivity contribution < 1.29 is 14.6 Å². The van der Waals surface area contributed by atoms with Crippen molar-refractivity contribution in [2.45, 2.75) is 32.2 Å². The van der Waals surface area contributed by atoms with Gasteiger partial charge in [-0.25, -0.2) is 0 Å². The molecule has 0 aliphatic carbocycles. The van der Waals surface area contributed by atoms with Crippen molar-refractivity contribution in [3.8, 4) is 5.75 Å². The van der Waals surface area contributed by atoms with E-state index in [1.54, 1.807) is 0 Å². The third-order valence-corrected chi connectivity index (χ3v) is 4.40. The lowest BCUT2D eigenvalue weighted by Crippen LogP contribution is -2.48. The first-order chi connectivity index (χ1) is 9.94. The zero-order chi connectivity index (χ0) is 15.4. The lowest BCUT2D eigenvalue weighted by Gasteiger charge is -2.36. The molecule has 0 saturated carbocycles. The highest BCUT2D eigenvalue weighted by atomic mass is 79.9. The fourth-order valence-electron chi connectivity index (χ4n) is 2.56. The van der Waals surface area contributed by atoms with Crippen LogP contribution in [-0.2, 0) is 4.74 Å². The quantitative estimate of drug-likeness (QED) is 0.791. The Bertz CT molecular complexity index is 462. The Balaban J connectivity index is 1.80. The first-order valence-electron chi connectivity index (χ1n) is 7.07. The maximum absolute atomic E-state index is 10.1. The highest BCUT2D eigenvalue weighted by Gasteiger charge is 2.24.